The highest BCUT2D eigenvalue weighted by molar-refractivity contribution is 8.00. The monoisotopic (exact) mass is 400 g/mol. The van der Waals surface area contributed by atoms with Gasteiger partial charge in [-0.1, -0.05) is 32.5 Å². The molecule has 1 N–H and O–H groups in total. The molecule has 0 saturated heterocycles. The fraction of sp³-hybridized carbons (Fsp3) is 0.375. The molecule has 0 radical (unpaired) electrons. The van der Waals surface area contributed by atoms with Crippen LogP contribution in [0.2, 0.25) is 0 Å². The van der Waals surface area contributed by atoms with Crippen molar-refractivity contribution in [1.29, 1.82) is 5.26 Å². The lowest BCUT2D eigenvalue weighted by Crippen LogP contribution is -2.19. The molecule has 1 amide bonds. The Balaban J connectivity index is 2.33. The van der Waals surface area contributed by atoms with Crippen LogP contribution in [0.1, 0.15) is 37.6 Å². The van der Waals surface area contributed by atoms with E-state index >= 15 is 0 Å². The highest BCUT2D eigenvalue weighted by Crippen LogP contribution is 2.38. The summed E-state index contributed by atoms with van der Waals surface area (Å²) in [7, 11) is 0. The lowest BCUT2D eigenvalue weighted by atomic mass is 9.90. The zero-order valence-corrected chi connectivity index (χ0v) is 15.8. The molecule has 0 fully saturated rings. The number of carbonyl (C=O) groups excluding carboxylic acids is 1. The summed E-state index contributed by atoms with van der Waals surface area (Å²) in [6.07, 6.45) is -3.17. The fourth-order valence-electron chi connectivity index (χ4n) is 1.92. The second-order valence-electron chi connectivity index (χ2n) is 6.27. The minimum Gasteiger partial charge on any atom is -0.301 e. The Morgan fingerprint density at radius 2 is 2.08 bits per heavy atom. The molecular formula is C16H15F3N4OS2. The van der Waals surface area contributed by atoms with E-state index in [1.54, 1.807) is 32.2 Å². The van der Waals surface area contributed by atoms with Gasteiger partial charge < -0.3 is 5.32 Å². The third kappa shape index (κ3) is 4.95. The highest BCUT2D eigenvalue weighted by Gasteiger charge is 2.37. The molecule has 0 aliphatic carbocycles. The van der Waals surface area contributed by atoms with Crippen molar-refractivity contribution in [2.75, 3.05) is 11.1 Å². The summed E-state index contributed by atoms with van der Waals surface area (Å²) in [5.41, 5.74) is -2.06. The second kappa shape index (κ2) is 7.63. The second-order valence-corrected chi connectivity index (χ2v) is 8.13. The number of carbonyl (C=O) groups is 1. The number of aromatic nitrogens is 2. The van der Waals surface area contributed by atoms with E-state index in [-0.39, 0.29) is 16.5 Å². The van der Waals surface area contributed by atoms with Crippen LogP contribution >= 0.6 is 23.1 Å². The van der Waals surface area contributed by atoms with Crippen molar-refractivity contribution in [1.82, 2.24) is 9.97 Å². The molecule has 2 rings (SSSR count). The first-order chi connectivity index (χ1) is 12.0. The summed E-state index contributed by atoms with van der Waals surface area (Å²) >= 11 is 2.02. The normalized spacial score (nSPS) is 11.9. The van der Waals surface area contributed by atoms with Crippen molar-refractivity contribution in [3.05, 3.63) is 34.5 Å². The van der Waals surface area contributed by atoms with Crippen molar-refractivity contribution >= 4 is 34.1 Å². The molecule has 2 heterocycles. The lowest BCUT2D eigenvalue weighted by Gasteiger charge is -2.21. The molecule has 10 heteroatoms. The molecule has 0 unspecified atom stereocenters. The molecule has 0 aromatic carbocycles. The van der Waals surface area contributed by atoms with Gasteiger partial charge in [-0.2, -0.15) is 18.4 Å². The number of hydrogen-bond donors (Lipinski definition) is 1. The molecule has 2 aromatic heterocycles. The minimum absolute atomic E-state index is 0.110. The van der Waals surface area contributed by atoms with Gasteiger partial charge in [-0.05, 0) is 6.07 Å². The summed E-state index contributed by atoms with van der Waals surface area (Å²) < 4.78 is 40.1. The summed E-state index contributed by atoms with van der Waals surface area (Å²) in [5.74, 6) is -0.628. The van der Waals surface area contributed by atoms with Gasteiger partial charge in [0.15, 0.2) is 5.13 Å². The van der Waals surface area contributed by atoms with E-state index in [1.165, 1.54) is 17.5 Å². The Morgan fingerprint density at radius 1 is 1.38 bits per heavy atom. The van der Waals surface area contributed by atoms with Crippen LogP contribution in [0.25, 0.3) is 0 Å². The van der Waals surface area contributed by atoms with Crippen LogP contribution in [0.4, 0.5) is 18.3 Å². The average Bonchev–Trinajstić information content (AvgIpc) is 3.03. The quantitative estimate of drug-likeness (QED) is 0.767. The predicted molar refractivity (Wildman–Crippen MR) is 94.1 cm³/mol. The molecule has 2 aromatic rings. The van der Waals surface area contributed by atoms with Gasteiger partial charge in [0.25, 0.3) is 0 Å². The van der Waals surface area contributed by atoms with Crippen LogP contribution in [-0.4, -0.2) is 21.6 Å². The molecule has 0 aliphatic rings. The van der Waals surface area contributed by atoms with Crippen LogP contribution in [0.5, 0.6) is 0 Å². The van der Waals surface area contributed by atoms with Gasteiger partial charge in [0.2, 0.25) is 5.91 Å². The number of thiazole rings is 1. The zero-order valence-electron chi connectivity index (χ0n) is 14.1. The molecule has 0 aliphatic heterocycles. The van der Waals surface area contributed by atoms with Crippen LogP contribution in [0.3, 0.4) is 0 Å². The van der Waals surface area contributed by atoms with E-state index in [4.69, 9.17) is 0 Å². The number of halogens is 3. The topological polar surface area (TPSA) is 78.7 Å². The zero-order chi connectivity index (χ0) is 19.5. The Kier molecular flexibility index (Phi) is 5.93. The first-order valence-corrected chi connectivity index (χ1v) is 9.24. The molecule has 26 heavy (non-hydrogen) atoms. The molecule has 138 valence electrons. The molecule has 0 saturated carbocycles. The number of nitriles is 1. The Morgan fingerprint density at radius 3 is 2.58 bits per heavy atom. The Bertz CT molecular complexity index is 837. The standard InChI is InChI=1S/C16H15F3N4OS2/c1-15(2,3)11-6-10(16(17,18)19)9(7-20)13(22-11)26-8-12(24)23-14-21-4-5-25-14/h4-6H,8H2,1-3H3,(H,21,23,24). The molecule has 0 atom stereocenters. The van der Waals surface area contributed by atoms with Gasteiger partial charge in [0, 0.05) is 22.7 Å². The maximum atomic E-state index is 13.4. The van der Waals surface area contributed by atoms with Crippen molar-refractivity contribution < 1.29 is 18.0 Å². The van der Waals surface area contributed by atoms with E-state index in [1.807, 2.05) is 0 Å². The number of nitrogens with zero attached hydrogens (tertiary/aromatic N) is 3. The van der Waals surface area contributed by atoms with Crippen molar-refractivity contribution in [3.63, 3.8) is 0 Å². The maximum absolute atomic E-state index is 13.4. The average molecular weight is 400 g/mol. The Hall–Kier alpha value is -2.12. The number of hydrogen-bond acceptors (Lipinski definition) is 6. The maximum Gasteiger partial charge on any atom is 0.417 e. The van der Waals surface area contributed by atoms with E-state index < -0.39 is 28.6 Å². The predicted octanol–water partition coefficient (Wildman–Crippen LogP) is 4.46. The molecule has 0 bridgehead atoms. The SMILES string of the molecule is CC(C)(C)c1cc(C(F)(F)F)c(C#N)c(SCC(=O)Nc2nccs2)n1. The van der Waals surface area contributed by atoms with Gasteiger partial charge in [-0.3, -0.25) is 4.79 Å². The number of nitrogens with one attached hydrogen (secondary N) is 1. The van der Waals surface area contributed by atoms with E-state index in [2.05, 4.69) is 15.3 Å². The first-order valence-electron chi connectivity index (χ1n) is 7.37. The summed E-state index contributed by atoms with van der Waals surface area (Å²) in [4.78, 5) is 20.1. The number of thioether (sulfide) groups is 1. The van der Waals surface area contributed by atoms with Gasteiger partial charge in [-0.15, -0.1) is 11.3 Å². The van der Waals surface area contributed by atoms with Crippen molar-refractivity contribution in [2.45, 2.75) is 37.4 Å². The van der Waals surface area contributed by atoms with Gasteiger partial charge in [0.05, 0.1) is 16.9 Å². The number of alkyl halides is 3. The van der Waals surface area contributed by atoms with E-state index in [9.17, 15) is 23.2 Å². The minimum atomic E-state index is -4.69. The smallest absolute Gasteiger partial charge is 0.301 e. The largest absolute Gasteiger partial charge is 0.417 e. The van der Waals surface area contributed by atoms with Crippen LogP contribution in [0, 0.1) is 11.3 Å². The van der Waals surface area contributed by atoms with Crippen LogP contribution < -0.4 is 5.32 Å². The van der Waals surface area contributed by atoms with E-state index in [0.717, 1.165) is 17.8 Å². The number of rotatable bonds is 4. The lowest BCUT2D eigenvalue weighted by molar-refractivity contribution is -0.138. The van der Waals surface area contributed by atoms with Crippen LogP contribution in [0.15, 0.2) is 22.7 Å². The number of anilines is 1. The highest BCUT2D eigenvalue weighted by atomic mass is 32.2. The Labute approximate surface area is 156 Å². The summed E-state index contributed by atoms with van der Waals surface area (Å²) in [5, 5.41) is 13.7. The van der Waals surface area contributed by atoms with Crippen LogP contribution in [-0.2, 0) is 16.4 Å². The van der Waals surface area contributed by atoms with Gasteiger partial charge in [0.1, 0.15) is 11.1 Å². The van der Waals surface area contributed by atoms with Crippen molar-refractivity contribution in [2.24, 2.45) is 0 Å². The third-order valence-electron chi connectivity index (χ3n) is 3.19. The van der Waals surface area contributed by atoms with Gasteiger partial charge in [-0.25, -0.2) is 9.97 Å². The summed E-state index contributed by atoms with van der Waals surface area (Å²) in [6, 6.07) is 2.47. The van der Waals surface area contributed by atoms with Gasteiger partial charge >= 0.3 is 6.18 Å². The number of amides is 1. The molecule has 5 nitrogen and oxygen atoms in total. The third-order valence-corrected chi connectivity index (χ3v) is 4.85. The first kappa shape index (κ1) is 20.2. The van der Waals surface area contributed by atoms with E-state index in [0.29, 0.717) is 5.13 Å². The molecule has 0 spiro atoms. The molecular weight excluding hydrogens is 385 g/mol. The van der Waals surface area contributed by atoms with Crippen molar-refractivity contribution in [3.8, 4) is 6.07 Å². The number of pyridine rings is 1. The fourth-order valence-corrected chi connectivity index (χ4v) is 3.26. The summed E-state index contributed by atoms with van der Waals surface area (Å²) in [6.45, 7) is 5.18.